The van der Waals surface area contributed by atoms with Gasteiger partial charge >= 0.3 is 17.3 Å². The summed E-state index contributed by atoms with van der Waals surface area (Å²) in [6.45, 7) is 1.77. The minimum atomic E-state index is -3.49. The van der Waals surface area contributed by atoms with Crippen LogP contribution in [0.15, 0.2) is 30.3 Å². The summed E-state index contributed by atoms with van der Waals surface area (Å²) in [5, 5.41) is 40.2. The van der Waals surface area contributed by atoms with Crippen molar-refractivity contribution < 1.29 is 25.0 Å². The summed E-state index contributed by atoms with van der Waals surface area (Å²) in [4.78, 5) is 21.7. The maximum atomic E-state index is 11.5. The van der Waals surface area contributed by atoms with Gasteiger partial charge in [0, 0.05) is 16.9 Å². The third-order valence-electron chi connectivity index (χ3n) is 3.33. The van der Waals surface area contributed by atoms with E-state index in [1.807, 2.05) is 0 Å². The summed E-state index contributed by atoms with van der Waals surface area (Å²) in [5.41, 5.74) is -2.55. The number of carbonyl (C=O) groups is 1. The van der Waals surface area contributed by atoms with Gasteiger partial charge in [-0.15, -0.1) is 0 Å². The quantitative estimate of drug-likeness (QED) is 0.391. The molecule has 110 valence electrons. The molecule has 1 aromatic carbocycles. The first-order chi connectivity index (χ1) is 9.30. The Balaban J connectivity index is 3.52. The van der Waals surface area contributed by atoms with Crippen molar-refractivity contribution in [1.29, 1.82) is 0 Å². The van der Waals surface area contributed by atoms with E-state index >= 15 is 0 Å². The summed E-state index contributed by atoms with van der Waals surface area (Å²) in [6.07, 6.45) is 0.546. The second kappa shape index (κ2) is 5.98. The molecule has 7 heteroatoms. The monoisotopic (exact) mass is 283 g/mol. The first-order valence-electron chi connectivity index (χ1n) is 6.19. The van der Waals surface area contributed by atoms with Crippen molar-refractivity contribution in [3.63, 3.8) is 0 Å². The lowest BCUT2D eigenvalue weighted by atomic mass is 9.78. The number of hydrogen-bond donors (Lipinski definition) is 3. The predicted molar refractivity (Wildman–Crippen MR) is 69.4 cm³/mol. The highest BCUT2D eigenvalue weighted by Crippen LogP contribution is 2.39. The molecular formula is C13H17NO6. The van der Waals surface area contributed by atoms with Gasteiger partial charge in [-0.1, -0.05) is 43.7 Å². The zero-order chi connectivity index (χ0) is 15.4. The number of nitro groups is 1. The molecule has 0 bridgehead atoms. The Morgan fingerprint density at radius 3 is 2.25 bits per heavy atom. The molecule has 0 aromatic heterocycles. The number of carboxylic acid groups (broad SMARTS) is 1. The molecule has 0 saturated heterocycles. The number of unbranched alkanes of at least 4 members (excludes halogenated alkanes) is 1. The zero-order valence-electron chi connectivity index (χ0n) is 11.0. The molecule has 20 heavy (non-hydrogen) atoms. The highest BCUT2D eigenvalue weighted by atomic mass is 16.6. The van der Waals surface area contributed by atoms with Crippen LogP contribution in [0.2, 0.25) is 0 Å². The van der Waals surface area contributed by atoms with E-state index in [1.165, 1.54) is 24.3 Å². The summed E-state index contributed by atoms with van der Waals surface area (Å²) >= 11 is 0. The van der Waals surface area contributed by atoms with Crippen LogP contribution in [0.5, 0.6) is 0 Å². The van der Waals surface area contributed by atoms with Gasteiger partial charge < -0.3 is 15.3 Å². The molecule has 1 unspecified atom stereocenters. The van der Waals surface area contributed by atoms with E-state index in [2.05, 4.69) is 0 Å². The van der Waals surface area contributed by atoms with Crippen LogP contribution in [0.3, 0.4) is 0 Å². The number of nitrogens with zero attached hydrogens (tertiary/aromatic N) is 1. The maximum Gasteiger partial charge on any atom is 0.372 e. The minimum Gasteiger partial charge on any atom is -0.477 e. The fourth-order valence-electron chi connectivity index (χ4n) is 2.17. The molecule has 0 radical (unpaired) electrons. The molecular weight excluding hydrogens is 266 g/mol. The van der Waals surface area contributed by atoms with Crippen LogP contribution in [0.25, 0.3) is 0 Å². The van der Waals surface area contributed by atoms with E-state index in [4.69, 9.17) is 5.11 Å². The normalized spacial score (nSPS) is 14.6. The fraction of sp³-hybridized carbons (Fsp3) is 0.462. The summed E-state index contributed by atoms with van der Waals surface area (Å²) in [6, 6.07) is 7.21. The molecule has 1 rings (SSSR count). The minimum absolute atomic E-state index is 0.0501. The van der Waals surface area contributed by atoms with E-state index in [9.17, 15) is 25.1 Å². The third-order valence-corrected chi connectivity index (χ3v) is 3.33. The van der Waals surface area contributed by atoms with Gasteiger partial charge in [-0.2, -0.15) is 0 Å². The van der Waals surface area contributed by atoms with Gasteiger partial charge in [-0.25, -0.2) is 4.79 Å². The van der Waals surface area contributed by atoms with Gasteiger partial charge in [0.1, 0.15) is 0 Å². The molecule has 7 nitrogen and oxygen atoms in total. The van der Waals surface area contributed by atoms with Gasteiger partial charge in [0.25, 0.3) is 0 Å². The smallest absolute Gasteiger partial charge is 0.372 e. The molecule has 0 aliphatic carbocycles. The standard InChI is InChI=1S/C13H17NO6/c1-2-3-9-12(14(19)20,13(17,18)11(15)16)10-7-5-4-6-8-10/h4-8,17-18H,2-3,9H2,1H3,(H,15,16). The van der Waals surface area contributed by atoms with E-state index in [0.29, 0.717) is 6.42 Å². The predicted octanol–water partition coefficient (Wildman–Crippen LogP) is 1.11. The second-order valence-corrected chi connectivity index (χ2v) is 4.56. The number of hydrogen-bond acceptors (Lipinski definition) is 5. The number of rotatable bonds is 7. The van der Waals surface area contributed by atoms with Crippen molar-refractivity contribution in [2.75, 3.05) is 0 Å². The average Bonchev–Trinajstić information content (AvgIpc) is 2.40. The van der Waals surface area contributed by atoms with Crippen molar-refractivity contribution in [2.45, 2.75) is 37.5 Å². The molecule has 0 aliphatic rings. The summed E-state index contributed by atoms with van der Waals surface area (Å²) < 4.78 is 0. The summed E-state index contributed by atoms with van der Waals surface area (Å²) in [7, 11) is 0. The Morgan fingerprint density at radius 2 is 1.85 bits per heavy atom. The van der Waals surface area contributed by atoms with Gasteiger partial charge in [-0.05, 0) is 6.42 Å². The van der Waals surface area contributed by atoms with Crippen LogP contribution in [0.1, 0.15) is 31.7 Å². The zero-order valence-corrected chi connectivity index (χ0v) is 11.0. The van der Waals surface area contributed by atoms with E-state index in [-0.39, 0.29) is 18.4 Å². The fourth-order valence-corrected chi connectivity index (χ4v) is 2.17. The van der Waals surface area contributed by atoms with Gasteiger partial charge in [-0.3, -0.25) is 10.1 Å². The van der Waals surface area contributed by atoms with Crippen LogP contribution >= 0.6 is 0 Å². The van der Waals surface area contributed by atoms with Crippen molar-refractivity contribution in [2.24, 2.45) is 0 Å². The maximum absolute atomic E-state index is 11.5. The topological polar surface area (TPSA) is 121 Å². The summed E-state index contributed by atoms with van der Waals surface area (Å²) in [5.74, 6) is -5.54. The van der Waals surface area contributed by atoms with E-state index in [0.717, 1.165) is 0 Å². The van der Waals surface area contributed by atoms with E-state index < -0.39 is 22.2 Å². The highest BCUT2D eigenvalue weighted by molar-refractivity contribution is 5.77. The van der Waals surface area contributed by atoms with Gasteiger partial charge in [0.05, 0.1) is 0 Å². The molecule has 0 saturated carbocycles. The van der Waals surface area contributed by atoms with Gasteiger partial charge in [0.2, 0.25) is 0 Å². The molecule has 3 N–H and O–H groups in total. The lowest BCUT2D eigenvalue weighted by Crippen LogP contribution is -2.61. The molecule has 1 aromatic rings. The largest absolute Gasteiger partial charge is 0.477 e. The van der Waals surface area contributed by atoms with Crippen LogP contribution < -0.4 is 0 Å². The van der Waals surface area contributed by atoms with Crippen LogP contribution in [0.4, 0.5) is 0 Å². The third kappa shape index (κ3) is 2.50. The number of aliphatic carboxylic acids is 1. The van der Waals surface area contributed by atoms with Gasteiger partial charge in [0.15, 0.2) is 0 Å². The van der Waals surface area contributed by atoms with Crippen LogP contribution in [0, 0.1) is 10.1 Å². The Bertz CT molecular complexity index is 487. The first-order valence-corrected chi connectivity index (χ1v) is 6.19. The molecule has 0 fully saturated rings. The lowest BCUT2D eigenvalue weighted by molar-refractivity contribution is -0.618. The Morgan fingerprint density at radius 1 is 1.30 bits per heavy atom. The average molecular weight is 283 g/mol. The SMILES string of the molecule is CCCCC(c1ccccc1)([N+](=O)[O-])C(O)(O)C(=O)O. The lowest BCUT2D eigenvalue weighted by Gasteiger charge is -2.33. The highest BCUT2D eigenvalue weighted by Gasteiger charge is 2.66. The molecule has 0 spiro atoms. The first kappa shape index (κ1) is 16.1. The molecule has 1 atom stereocenters. The molecule has 0 aliphatic heterocycles. The van der Waals surface area contributed by atoms with Crippen molar-refractivity contribution in [1.82, 2.24) is 0 Å². The Labute approximate surface area is 115 Å². The van der Waals surface area contributed by atoms with Crippen LogP contribution in [-0.2, 0) is 10.3 Å². The van der Waals surface area contributed by atoms with Crippen molar-refractivity contribution >= 4 is 5.97 Å². The second-order valence-electron chi connectivity index (χ2n) is 4.56. The Hall–Kier alpha value is -1.99. The van der Waals surface area contributed by atoms with Crippen LogP contribution in [-0.4, -0.2) is 32.0 Å². The molecule has 0 heterocycles. The van der Waals surface area contributed by atoms with E-state index in [1.54, 1.807) is 13.0 Å². The molecule has 0 amide bonds. The Kier molecular flexibility index (Phi) is 4.80. The number of carboxylic acids is 1. The van der Waals surface area contributed by atoms with Crippen molar-refractivity contribution in [3.8, 4) is 0 Å². The number of aliphatic hydroxyl groups is 2. The van der Waals surface area contributed by atoms with Crippen molar-refractivity contribution in [3.05, 3.63) is 46.0 Å². The number of benzene rings is 1.